The van der Waals surface area contributed by atoms with Crippen LogP contribution in [0.25, 0.3) is 0 Å². The Morgan fingerprint density at radius 2 is 1.26 bits per heavy atom. The van der Waals surface area contributed by atoms with Gasteiger partial charge in [-0.2, -0.15) is 0 Å². The van der Waals surface area contributed by atoms with E-state index in [1.807, 2.05) is 52.2 Å². The highest BCUT2D eigenvalue weighted by atomic mass is 32.1. The Labute approximate surface area is 146 Å². The first-order valence-electron chi connectivity index (χ1n) is 7.04. The zero-order chi connectivity index (χ0) is 17.0. The summed E-state index contributed by atoms with van der Waals surface area (Å²) < 4.78 is 11.0. The molecule has 0 atom stereocenters. The van der Waals surface area contributed by atoms with Crippen molar-refractivity contribution >= 4 is 46.2 Å². The van der Waals surface area contributed by atoms with Crippen LogP contribution in [-0.4, -0.2) is 24.1 Å². The van der Waals surface area contributed by atoms with E-state index in [1.165, 1.54) is 0 Å². The molecule has 2 rings (SSSR count). The molecule has 0 aliphatic carbocycles. The molecule has 0 unspecified atom stereocenters. The van der Waals surface area contributed by atoms with Gasteiger partial charge in [-0.25, -0.2) is 0 Å². The van der Waals surface area contributed by atoms with E-state index in [0.29, 0.717) is 28.2 Å². The molecule has 0 aliphatic rings. The quantitative estimate of drug-likeness (QED) is 0.607. The molecule has 0 fully saturated rings. The molecule has 6 nitrogen and oxygen atoms in total. The molecular weight excluding hydrogens is 332 g/mol. The van der Waals surface area contributed by atoms with Crippen LogP contribution in [0.1, 0.15) is 17.9 Å². The molecule has 0 saturated heterocycles. The molecular formula is C15H20N4O2S2. The van der Waals surface area contributed by atoms with E-state index >= 15 is 0 Å². The summed E-state index contributed by atoms with van der Waals surface area (Å²) in [5.74, 6) is 3.05. The van der Waals surface area contributed by atoms with E-state index < -0.39 is 0 Å². The number of hydrogen-bond acceptors (Lipinski definition) is 6. The Balaban J connectivity index is 1.81. The molecule has 2 aromatic heterocycles. The third kappa shape index (κ3) is 4.97. The number of furan rings is 2. The number of anilines is 2. The van der Waals surface area contributed by atoms with Crippen LogP contribution in [0.4, 0.5) is 11.8 Å². The van der Waals surface area contributed by atoms with Gasteiger partial charge in [-0.15, -0.1) is 0 Å². The highest BCUT2D eigenvalue weighted by Gasteiger charge is 2.11. The Hall–Kier alpha value is -2.06. The van der Waals surface area contributed by atoms with Crippen LogP contribution in [0.2, 0.25) is 0 Å². The van der Waals surface area contributed by atoms with Gasteiger partial charge in [0, 0.05) is 26.2 Å². The SMILES string of the molecule is Cc1ccc(N(C)NC(=S)CC(=S)NN(C)c2ccc(C)o2)o1. The monoisotopic (exact) mass is 352 g/mol. The minimum absolute atomic E-state index is 0.415. The number of nitrogens with zero attached hydrogens (tertiary/aromatic N) is 2. The summed E-state index contributed by atoms with van der Waals surface area (Å²) in [5.41, 5.74) is 6.12. The molecule has 8 heteroatoms. The van der Waals surface area contributed by atoms with Crippen molar-refractivity contribution in [2.45, 2.75) is 20.3 Å². The first-order chi connectivity index (χ1) is 10.8. The summed E-state index contributed by atoms with van der Waals surface area (Å²) in [6.07, 6.45) is 0.415. The minimum atomic E-state index is 0.415. The van der Waals surface area contributed by atoms with Crippen molar-refractivity contribution in [3.63, 3.8) is 0 Å². The van der Waals surface area contributed by atoms with Crippen molar-refractivity contribution in [2.75, 3.05) is 24.1 Å². The molecule has 0 bridgehead atoms. The molecule has 2 N–H and O–H groups in total. The third-order valence-corrected chi connectivity index (χ3v) is 3.49. The van der Waals surface area contributed by atoms with Crippen LogP contribution in [-0.2, 0) is 0 Å². The van der Waals surface area contributed by atoms with Crippen LogP contribution >= 0.6 is 24.4 Å². The van der Waals surface area contributed by atoms with E-state index in [2.05, 4.69) is 10.9 Å². The average molecular weight is 352 g/mol. The number of nitrogens with one attached hydrogen (secondary N) is 2. The fourth-order valence-corrected chi connectivity index (χ4v) is 2.57. The van der Waals surface area contributed by atoms with Gasteiger partial charge in [-0.05, 0) is 26.0 Å². The highest BCUT2D eigenvalue weighted by Crippen LogP contribution is 2.15. The van der Waals surface area contributed by atoms with E-state index in [9.17, 15) is 0 Å². The Bertz CT molecular complexity index is 637. The van der Waals surface area contributed by atoms with Gasteiger partial charge in [0.15, 0.2) is 0 Å². The molecule has 0 aliphatic heterocycles. The van der Waals surface area contributed by atoms with Crippen LogP contribution in [0, 0.1) is 13.8 Å². The van der Waals surface area contributed by atoms with E-state index in [4.69, 9.17) is 33.3 Å². The maximum absolute atomic E-state index is 5.51. The van der Waals surface area contributed by atoms with Gasteiger partial charge in [-0.3, -0.25) is 20.9 Å². The van der Waals surface area contributed by atoms with Gasteiger partial charge in [0.25, 0.3) is 0 Å². The van der Waals surface area contributed by atoms with Crippen LogP contribution < -0.4 is 20.9 Å². The molecule has 0 amide bonds. The Morgan fingerprint density at radius 3 is 1.57 bits per heavy atom. The lowest BCUT2D eigenvalue weighted by atomic mass is 10.4. The molecule has 124 valence electrons. The molecule has 2 aromatic rings. The first kappa shape index (κ1) is 17.3. The maximum atomic E-state index is 5.51. The number of hydrazine groups is 2. The van der Waals surface area contributed by atoms with Gasteiger partial charge >= 0.3 is 0 Å². The average Bonchev–Trinajstić information content (AvgIpc) is 3.07. The normalized spacial score (nSPS) is 10.3. The van der Waals surface area contributed by atoms with E-state index in [-0.39, 0.29) is 0 Å². The first-order valence-corrected chi connectivity index (χ1v) is 7.86. The summed E-state index contributed by atoms with van der Waals surface area (Å²) in [7, 11) is 3.66. The topological polar surface area (TPSA) is 56.8 Å². The number of hydrogen-bond donors (Lipinski definition) is 2. The third-order valence-electron chi connectivity index (χ3n) is 3.02. The Morgan fingerprint density at radius 1 is 0.870 bits per heavy atom. The van der Waals surface area contributed by atoms with Crippen molar-refractivity contribution in [1.82, 2.24) is 10.9 Å². The van der Waals surface area contributed by atoms with Crippen molar-refractivity contribution in [2.24, 2.45) is 0 Å². The standard InChI is InChI=1S/C15H20N4O2S2/c1-10-5-7-14(20-10)18(3)16-12(22)9-13(23)17-19(4)15-8-6-11(2)21-15/h5-8H,9H2,1-4H3,(H,16,22)(H,17,23). The largest absolute Gasteiger partial charge is 0.444 e. The summed E-state index contributed by atoms with van der Waals surface area (Å²) in [4.78, 5) is 1.17. The predicted octanol–water partition coefficient (Wildman–Crippen LogP) is 3.12. The van der Waals surface area contributed by atoms with Crippen molar-refractivity contribution in [1.29, 1.82) is 0 Å². The molecule has 0 radical (unpaired) electrons. The smallest absolute Gasteiger partial charge is 0.213 e. The number of aryl methyl sites for hydroxylation is 2. The van der Waals surface area contributed by atoms with Gasteiger partial charge < -0.3 is 8.83 Å². The minimum Gasteiger partial charge on any atom is -0.444 e. The number of thiocarbonyl (C=S) groups is 2. The molecule has 23 heavy (non-hydrogen) atoms. The second kappa shape index (κ2) is 7.47. The summed E-state index contributed by atoms with van der Waals surface area (Å²) in [6, 6.07) is 7.52. The summed E-state index contributed by atoms with van der Waals surface area (Å²) in [6.45, 7) is 3.78. The second-order valence-electron chi connectivity index (χ2n) is 5.13. The van der Waals surface area contributed by atoms with Gasteiger partial charge in [0.2, 0.25) is 11.8 Å². The fourth-order valence-electron chi connectivity index (χ4n) is 1.91. The zero-order valence-electron chi connectivity index (χ0n) is 13.5. The van der Waals surface area contributed by atoms with Gasteiger partial charge in [0.1, 0.15) is 21.5 Å². The van der Waals surface area contributed by atoms with E-state index in [0.717, 1.165) is 11.5 Å². The lowest BCUT2D eigenvalue weighted by molar-refractivity contribution is 0.520. The molecule has 2 heterocycles. The predicted molar refractivity (Wildman–Crippen MR) is 99.8 cm³/mol. The van der Waals surface area contributed by atoms with Crippen LogP contribution in [0.3, 0.4) is 0 Å². The summed E-state index contributed by atoms with van der Waals surface area (Å²) in [5, 5.41) is 3.44. The number of rotatable bonds is 6. The van der Waals surface area contributed by atoms with Gasteiger partial charge in [-0.1, -0.05) is 24.4 Å². The maximum Gasteiger partial charge on any atom is 0.213 e. The van der Waals surface area contributed by atoms with Crippen molar-refractivity contribution < 1.29 is 8.83 Å². The van der Waals surface area contributed by atoms with Gasteiger partial charge in [0.05, 0.1) is 6.42 Å². The zero-order valence-corrected chi connectivity index (χ0v) is 15.2. The molecule has 0 saturated carbocycles. The lowest BCUT2D eigenvalue weighted by Gasteiger charge is -2.22. The van der Waals surface area contributed by atoms with E-state index in [1.54, 1.807) is 10.0 Å². The second-order valence-corrected chi connectivity index (χ2v) is 6.12. The molecule has 0 aromatic carbocycles. The summed E-state index contributed by atoms with van der Waals surface area (Å²) >= 11 is 10.6. The van der Waals surface area contributed by atoms with Crippen molar-refractivity contribution in [3.8, 4) is 0 Å². The lowest BCUT2D eigenvalue weighted by Crippen LogP contribution is -2.43. The van der Waals surface area contributed by atoms with Crippen molar-refractivity contribution in [3.05, 3.63) is 35.8 Å². The fraction of sp³-hybridized carbons (Fsp3) is 0.333. The Kier molecular flexibility index (Phi) is 5.62. The molecule has 0 spiro atoms. The van der Waals surface area contributed by atoms with Crippen LogP contribution in [0.5, 0.6) is 0 Å². The van der Waals surface area contributed by atoms with Crippen LogP contribution in [0.15, 0.2) is 33.1 Å². The highest BCUT2D eigenvalue weighted by molar-refractivity contribution is 7.82.